The zero-order valence-electron chi connectivity index (χ0n) is 15.1. The fourth-order valence-corrected chi connectivity index (χ4v) is 4.08. The van der Waals surface area contributed by atoms with Crippen molar-refractivity contribution in [1.29, 1.82) is 0 Å². The molecule has 3 aromatic rings. The van der Waals surface area contributed by atoms with E-state index in [4.69, 9.17) is 9.72 Å². The first-order chi connectivity index (χ1) is 12.5. The van der Waals surface area contributed by atoms with Crippen LogP contribution in [-0.2, 0) is 4.79 Å². The average Bonchev–Trinajstić information content (AvgIpc) is 3.00. The Balaban J connectivity index is 1.42. The number of fused-ring (bicyclic) bond motifs is 1. The molecule has 2 aromatic carbocycles. The lowest BCUT2D eigenvalue weighted by molar-refractivity contribution is -0.120. The average molecular weight is 367 g/mol. The molecule has 0 spiro atoms. The topological polar surface area (TPSA) is 54.5 Å². The molecule has 0 radical (unpaired) electrons. The van der Waals surface area contributed by atoms with Crippen molar-refractivity contribution >= 4 is 38.3 Å². The molecule has 0 bridgehead atoms. The summed E-state index contributed by atoms with van der Waals surface area (Å²) in [4.78, 5) is 19.3. The van der Waals surface area contributed by atoms with Crippen LogP contribution in [0.3, 0.4) is 0 Å². The highest BCUT2D eigenvalue weighted by atomic mass is 32.1. The van der Waals surface area contributed by atoms with Crippen LogP contribution in [0.5, 0.6) is 5.75 Å². The smallest absolute Gasteiger partial charge is 0.231 e. The molecule has 1 aliphatic heterocycles. The molecule has 6 heteroatoms. The minimum atomic E-state index is -0.00878. The number of thiazole rings is 1. The van der Waals surface area contributed by atoms with Gasteiger partial charge in [0, 0.05) is 18.8 Å². The number of anilines is 2. The molecule has 0 unspecified atom stereocenters. The van der Waals surface area contributed by atoms with Gasteiger partial charge in [-0.1, -0.05) is 23.5 Å². The van der Waals surface area contributed by atoms with Crippen molar-refractivity contribution in [2.24, 2.45) is 5.92 Å². The molecule has 1 N–H and O–H groups in total. The molecule has 1 fully saturated rings. The predicted molar refractivity (Wildman–Crippen MR) is 106 cm³/mol. The van der Waals surface area contributed by atoms with Crippen LogP contribution in [0.1, 0.15) is 11.1 Å². The SMILES string of the molecule is COc1cccc2sc(N3CC(C(=O)Nc4ccc(C)c(C)c4)C3)nc12. The fourth-order valence-electron chi connectivity index (χ4n) is 3.08. The Kier molecular flexibility index (Phi) is 4.28. The molecule has 1 aromatic heterocycles. The first kappa shape index (κ1) is 16.8. The van der Waals surface area contributed by atoms with Crippen molar-refractivity contribution in [3.8, 4) is 5.75 Å². The molecule has 5 nitrogen and oxygen atoms in total. The standard InChI is InChI=1S/C20H21N3O2S/c1-12-7-8-15(9-13(12)2)21-19(24)14-10-23(11-14)20-22-18-16(25-3)5-4-6-17(18)26-20/h4-9,14H,10-11H2,1-3H3,(H,21,24). The van der Waals surface area contributed by atoms with E-state index < -0.39 is 0 Å². The maximum atomic E-state index is 12.5. The number of methoxy groups -OCH3 is 1. The van der Waals surface area contributed by atoms with E-state index in [0.29, 0.717) is 13.1 Å². The first-order valence-corrected chi connectivity index (χ1v) is 9.43. The van der Waals surface area contributed by atoms with Gasteiger partial charge in [0.05, 0.1) is 17.7 Å². The van der Waals surface area contributed by atoms with Crippen LogP contribution in [0.15, 0.2) is 36.4 Å². The Morgan fingerprint density at radius 3 is 2.77 bits per heavy atom. The molecule has 1 amide bonds. The van der Waals surface area contributed by atoms with Gasteiger partial charge in [-0.05, 0) is 49.2 Å². The minimum absolute atomic E-state index is 0.00878. The van der Waals surface area contributed by atoms with E-state index in [0.717, 1.165) is 26.8 Å². The number of hydrogen-bond acceptors (Lipinski definition) is 5. The van der Waals surface area contributed by atoms with Crippen molar-refractivity contribution < 1.29 is 9.53 Å². The van der Waals surface area contributed by atoms with Crippen LogP contribution < -0.4 is 15.0 Å². The van der Waals surface area contributed by atoms with Gasteiger partial charge in [0.15, 0.2) is 5.13 Å². The summed E-state index contributed by atoms with van der Waals surface area (Å²) in [5.74, 6) is 0.850. The Bertz CT molecular complexity index is 976. The Morgan fingerprint density at radius 1 is 1.23 bits per heavy atom. The van der Waals surface area contributed by atoms with E-state index in [1.54, 1.807) is 18.4 Å². The maximum absolute atomic E-state index is 12.5. The molecule has 2 heterocycles. The van der Waals surface area contributed by atoms with Crippen molar-refractivity contribution in [2.45, 2.75) is 13.8 Å². The van der Waals surface area contributed by atoms with E-state index in [1.807, 2.05) is 36.4 Å². The van der Waals surface area contributed by atoms with E-state index in [-0.39, 0.29) is 11.8 Å². The normalized spacial score (nSPS) is 14.3. The van der Waals surface area contributed by atoms with Crippen LogP contribution in [0.25, 0.3) is 10.2 Å². The van der Waals surface area contributed by atoms with Gasteiger partial charge in [0.25, 0.3) is 0 Å². The highest BCUT2D eigenvalue weighted by molar-refractivity contribution is 7.22. The van der Waals surface area contributed by atoms with Gasteiger partial charge >= 0.3 is 0 Å². The number of hydrogen-bond donors (Lipinski definition) is 1. The second-order valence-corrected chi connectivity index (χ2v) is 7.70. The number of carbonyl (C=O) groups excluding carboxylic acids is 1. The van der Waals surface area contributed by atoms with E-state index in [1.165, 1.54) is 11.1 Å². The lowest BCUT2D eigenvalue weighted by Crippen LogP contribution is -2.52. The van der Waals surface area contributed by atoms with E-state index in [9.17, 15) is 4.79 Å². The van der Waals surface area contributed by atoms with Crippen LogP contribution in [0.2, 0.25) is 0 Å². The Hall–Kier alpha value is -2.60. The number of aryl methyl sites for hydroxylation is 2. The number of nitrogens with one attached hydrogen (secondary N) is 1. The number of rotatable bonds is 4. The van der Waals surface area contributed by atoms with Gasteiger partial charge in [0.1, 0.15) is 11.3 Å². The van der Waals surface area contributed by atoms with Crippen LogP contribution in [0.4, 0.5) is 10.8 Å². The summed E-state index contributed by atoms with van der Waals surface area (Å²) in [6.07, 6.45) is 0. The molecule has 0 aliphatic carbocycles. The monoisotopic (exact) mass is 367 g/mol. The Labute approximate surface area is 156 Å². The third-order valence-electron chi connectivity index (χ3n) is 4.89. The third-order valence-corrected chi connectivity index (χ3v) is 5.97. The second-order valence-electron chi connectivity index (χ2n) is 6.69. The predicted octanol–water partition coefficient (Wildman–Crippen LogP) is 4.00. The van der Waals surface area contributed by atoms with Crippen LogP contribution >= 0.6 is 11.3 Å². The fraction of sp³-hybridized carbons (Fsp3) is 0.300. The number of carbonyl (C=O) groups is 1. The summed E-state index contributed by atoms with van der Waals surface area (Å²) in [7, 11) is 1.66. The lowest BCUT2D eigenvalue weighted by Gasteiger charge is -2.37. The van der Waals surface area contributed by atoms with Crippen molar-refractivity contribution in [3.63, 3.8) is 0 Å². The van der Waals surface area contributed by atoms with Crippen molar-refractivity contribution in [1.82, 2.24) is 4.98 Å². The maximum Gasteiger partial charge on any atom is 0.231 e. The molecule has 1 saturated heterocycles. The van der Waals surface area contributed by atoms with Crippen LogP contribution in [0, 0.1) is 19.8 Å². The van der Waals surface area contributed by atoms with E-state index in [2.05, 4.69) is 24.1 Å². The summed E-state index contributed by atoms with van der Waals surface area (Å²) in [5.41, 5.74) is 4.16. The highest BCUT2D eigenvalue weighted by Gasteiger charge is 2.34. The number of ether oxygens (including phenoxy) is 1. The van der Waals surface area contributed by atoms with Gasteiger partial charge in [0.2, 0.25) is 5.91 Å². The first-order valence-electron chi connectivity index (χ1n) is 8.62. The molecule has 0 atom stereocenters. The van der Waals surface area contributed by atoms with Gasteiger partial charge in [-0.25, -0.2) is 4.98 Å². The van der Waals surface area contributed by atoms with Gasteiger partial charge < -0.3 is 15.0 Å². The highest BCUT2D eigenvalue weighted by Crippen LogP contribution is 2.36. The van der Waals surface area contributed by atoms with Crippen molar-refractivity contribution in [2.75, 3.05) is 30.4 Å². The summed E-state index contributed by atoms with van der Waals surface area (Å²) < 4.78 is 6.48. The number of benzene rings is 2. The van der Waals surface area contributed by atoms with Gasteiger partial charge in [-0.3, -0.25) is 4.79 Å². The van der Waals surface area contributed by atoms with Crippen molar-refractivity contribution in [3.05, 3.63) is 47.5 Å². The largest absolute Gasteiger partial charge is 0.494 e. The zero-order chi connectivity index (χ0) is 18.3. The zero-order valence-corrected chi connectivity index (χ0v) is 15.9. The number of amides is 1. The summed E-state index contributed by atoms with van der Waals surface area (Å²) >= 11 is 1.64. The number of nitrogens with zero attached hydrogens (tertiary/aromatic N) is 2. The molecular weight excluding hydrogens is 346 g/mol. The quantitative estimate of drug-likeness (QED) is 0.757. The number of aromatic nitrogens is 1. The minimum Gasteiger partial charge on any atom is -0.494 e. The molecule has 1 aliphatic rings. The molecule has 0 saturated carbocycles. The molecule has 26 heavy (non-hydrogen) atoms. The molecule has 4 rings (SSSR count). The lowest BCUT2D eigenvalue weighted by atomic mass is 10.00. The summed E-state index contributed by atoms with van der Waals surface area (Å²) in [6, 6.07) is 11.9. The Morgan fingerprint density at radius 2 is 2.04 bits per heavy atom. The van der Waals surface area contributed by atoms with Gasteiger partial charge in [-0.15, -0.1) is 0 Å². The van der Waals surface area contributed by atoms with Gasteiger partial charge in [-0.2, -0.15) is 0 Å². The summed E-state index contributed by atoms with van der Waals surface area (Å²) in [6.45, 7) is 5.51. The van der Waals surface area contributed by atoms with E-state index >= 15 is 0 Å². The number of para-hydroxylation sites is 1. The summed E-state index contributed by atoms with van der Waals surface area (Å²) in [5, 5.41) is 3.97. The van der Waals surface area contributed by atoms with Crippen LogP contribution in [-0.4, -0.2) is 31.1 Å². The molecular formula is C20H21N3O2S. The molecule has 134 valence electrons. The second kappa shape index (κ2) is 6.61. The third kappa shape index (κ3) is 3.01.